The summed E-state index contributed by atoms with van der Waals surface area (Å²) in [5.41, 5.74) is 0.490. The van der Waals surface area contributed by atoms with Gasteiger partial charge in [0.05, 0.1) is 11.6 Å². The van der Waals surface area contributed by atoms with Crippen molar-refractivity contribution < 1.29 is 9.21 Å². The van der Waals surface area contributed by atoms with Crippen molar-refractivity contribution in [3.8, 4) is 6.07 Å². The molecule has 0 spiro atoms. The van der Waals surface area contributed by atoms with Crippen LogP contribution in [0.3, 0.4) is 0 Å². The predicted octanol–water partition coefficient (Wildman–Crippen LogP) is 1.54. The van der Waals surface area contributed by atoms with Crippen LogP contribution in [-0.2, 0) is 0 Å². The van der Waals surface area contributed by atoms with Crippen molar-refractivity contribution in [3.05, 3.63) is 23.2 Å². The predicted molar refractivity (Wildman–Crippen MR) is 50.7 cm³/mol. The van der Waals surface area contributed by atoms with Gasteiger partial charge < -0.3 is 9.73 Å². The van der Waals surface area contributed by atoms with Gasteiger partial charge in [0.1, 0.15) is 17.6 Å². The average Bonchev–Trinajstić information content (AvgIpc) is 2.45. The Labute approximate surface area is 82.5 Å². The Morgan fingerprint density at radius 2 is 2.29 bits per heavy atom. The van der Waals surface area contributed by atoms with Gasteiger partial charge in [0, 0.05) is 0 Å². The molecule has 0 aliphatic heterocycles. The lowest BCUT2D eigenvalue weighted by Crippen LogP contribution is -2.31. The Balaban J connectivity index is 2.80. The molecule has 0 saturated heterocycles. The molecule has 0 bridgehead atoms. The van der Waals surface area contributed by atoms with Crippen molar-refractivity contribution in [1.29, 1.82) is 5.26 Å². The summed E-state index contributed by atoms with van der Waals surface area (Å²) >= 11 is 0. The van der Waals surface area contributed by atoms with E-state index in [9.17, 15) is 4.79 Å². The summed E-state index contributed by atoms with van der Waals surface area (Å²) < 4.78 is 5.21. The van der Waals surface area contributed by atoms with Crippen LogP contribution in [0.2, 0.25) is 0 Å². The fraction of sp³-hybridized carbons (Fsp3) is 0.400. The first kappa shape index (κ1) is 10.3. The molecule has 1 rings (SSSR count). The molecule has 14 heavy (non-hydrogen) atoms. The first-order valence-corrected chi connectivity index (χ1v) is 4.32. The van der Waals surface area contributed by atoms with E-state index < -0.39 is 6.04 Å². The molecule has 4 heteroatoms. The highest BCUT2D eigenvalue weighted by atomic mass is 16.3. The van der Waals surface area contributed by atoms with Crippen LogP contribution >= 0.6 is 0 Å². The highest BCUT2D eigenvalue weighted by Crippen LogP contribution is 2.13. The zero-order chi connectivity index (χ0) is 10.7. The van der Waals surface area contributed by atoms with E-state index in [4.69, 9.17) is 9.68 Å². The quantitative estimate of drug-likeness (QED) is 0.772. The van der Waals surface area contributed by atoms with Gasteiger partial charge >= 0.3 is 0 Å². The molecule has 74 valence electrons. The van der Waals surface area contributed by atoms with Crippen LogP contribution in [0, 0.1) is 25.2 Å². The maximum atomic E-state index is 11.5. The molecule has 1 aromatic rings. The lowest BCUT2D eigenvalue weighted by Gasteiger charge is -2.04. The number of nitrogens with zero attached hydrogens (tertiary/aromatic N) is 1. The normalized spacial score (nSPS) is 11.9. The van der Waals surface area contributed by atoms with Crippen LogP contribution in [0.5, 0.6) is 0 Å². The number of nitriles is 1. The minimum absolute atomic E-state index is 0.270. The van der Waals surface area contributed by atoms with E-state index in [2.05, 4.69) is 5.32 Å². The molecule has 4 nitrogen and oxygen atoms in total. The smallest absolute Gasteiger partial charge is 0.255 e. The molecule has 1 atom stereocenters. The van der Waals surface area contributed by atoms with E-state index in [1.54, 1.807) is 26.8 Å². The zero-order valence-electron chi connectivity index (χ0n) is 8.42. The van der Waals surface area contributed by atoms with Crippen molar-refractivity contribution in [2.75, 3.05) is 0 Å². The highest BCUT2D eigenvalue weighted by molar-refractivity contribution is 5.95. The molecule has 1 aromatic heterocycles. The number of hydrogen-bond acceptors (Lipinski definition) is 3. The summed E-state index contributed by atoms with van der Waals surface area (Å²) in [7, 11) is 0. The Morgan fingerprint density at radius 3 is 2.71 bits per heavy atom. The molecule has 0 fully saturated rings. The number of nitrogens with one attached hydrogen (secondary N) is 1. The van der Waals surface area contributed by atoms with E-state index in [0.717, 1.165) is 0 Å². The largest absolute Gasteiger partial charge is 0.466 e. The van der Waals surface area contributed by atoms with Crippen molar-refractivity contribution in [1.82, 2.24) is 5.32 Å². The summed E-state index contributed by atoms with van der Waals surface area (Å²) in [6.45, 7) is 5.12. The second kappa shape index (κ2) is 3.97. The Kier molecular flexibility index (Phi) is 2.92. The zero-order valence-corrected chi connectivity index (χ0v) is 8.42. The topological polar surface area (TPSA) is 66.0 Å². The third kappa shape index (κ3) is 2.13. The number of amides is 1. The second-order valence-electron chi connectivity index (χ2n) is 3.15. The first-order chi connectivity index (χ1) is 6.54. The molecule has 1 amide bonds. The minimum Gasteiger partial charge on any atom is -0.466 e. The van der Waals surface area contributed by atoms with Gasteiger partial charge in [0.15, 0.2) is 0 Å². The first-order valence-electron chi connectivity index (χ1n) is 4.32. The molecule has 1 heterocycles. The number of furan rings is 1. The Morgan fingerprint density at radius 1 is 1.64 bits per heavy atom. The van der Waals surface area contributed by atoms with Crippen LogP contribution in [0.4, 0.5) is 0 Å². The third-order valence-corrected chi connectivity index (χ3v) is 1.83. The summed E-state index contributed by atoms with van der Waals surface area (Å²) in [6.07, 6.45) is 0. The SMILES string of the molecule is Cc1cc(C(=O)NC(C)C#N)c(C)o1. The molecule has 0 aliphatic rings. The van der Waals surface area contributed by atoms with Crippen LogP contribution < -0.4 is 5.32 Å². The number of carbonyl (C=O) groups excluding carboxylic acids is 1. The molecular formula is C10H12N2O2. The molecule has 0 saturated carbocycles. The standard InChI is InChI=1S/C10H12N2O2/c1-6(5-11)12-10(13)9-4-7(2)14-8(9)3/h4,6H,1-3H3,(H,12,13). The minimum atomic E-state index is -0.489. The monoisotopic (exact) mass is 192 g/mol. The van der Waals surface area contributed by atoms with Crippen molar-refractivity contribution >= 4 is 5.91 Å². The Bertz CT molecular complexity index is 387. The molecule has 1 N–H and O–H groups in total. The van der Waals surface area contributed by atoms with Crippen molar-refractivity contribution in [2.24, 2.45) is 0 Å². The fourth-order valence-corrected chi connectivity index (χ4v) is 1.16. The maximum absolute atomic E-state index is 11.5. The number of aryl methyl sites for hydroxylation is 2. The summed E-state index contributed by atoms with van der Waals surface area (Å²) in [6, 6.07) is 3.10. The van der Waals surface area contributed by atoms with E-state index in [-0.39, 0.29) is 5.91 Å². The number of rotatable bonds is 2. The lowest BCUT2D eigenvalue weighted by atomic mass is 10.2. The van der Waals surface area contributed by atoms with Crippen molar-refractivity contribution in [2.45, 2.75) is 26.8 Å². The maximum Gasteiger partial charge on any atom is 0.255 e. The average molecular weight is 192 g/mol. The van der Waals surface area contributed by atoms with Crippen LogP contribution in [0.25, 0.3) is 0 Å². The van der Waals surface area contributed by atoms with Gasteiger partial charge in [-0.15, -0.1) is 0 Å². The van der Waals surface area contributed by atoms with Gasteiger partial charge in [-0.25, -0.2) is 0 Å². The van der Waals surface area contributed by atoms with E-state index in [0.29, 0.717) is 17.1 Å². The number of carbonyl (C=O) groups is 1. The van der Waals surface area contributed by atoms with Gasteiger partial charge in [-0.2, -0.15) is 5.26 Å². The molecule has 0 radical (unpaired) electrons. The van der Waals surface area contributed by atoms with Gasteiger partial charge in [-0.3, -0.25) is 4.79 Å². The van der Waals surface area contributed by atoms with Gasteiger partial charge in [-0.05, 0) is 26.8 Å². The molecule has 0 aliphatic carbocycles. The van der Waals surface area contributed by atoms with E-state index in [1.807, 2.05) is 6.07 Å². The molecule has 1 unspecified atom stereocenters. The molecule has 0 aromatic carbocycles. The van der Waals surface area contributed by atoms with Gasteiger partial charge in [0.2, 0.25) is 0 Å². The Hall–Kier alpha value is -1.76. The molecular weight excluding hydrogens is 180 g/mol. The summed E-state index contributed by atoms with van der Waals surface area (Å²) in [5.74, 6) is 0.996. The summed E-state index contributed by atoms with van der Waals surface area (Å²) in [4.78, 5) is 11.5. The van der Waals surface area contributed by atoms with Gasteiger partial charge in [-0.1, -0.05) is 0 Å². The van der Waals surface area contributed by atoms with Crippen LogP contribution in [-0.4, -0.2) is 11.9 Å². The van der Waals surface area contributed by atoms with Crippen LogP contribution in [0.1, 0.15) is 28.8 Å². The third-order valence-electron chi connectivity index (χ3n) is 1.83. The second-order valence-corrected chi connectivity index (χ2v) is 3.15. The van der Waals surface area contributed by atoms with E-state index in [1.165, 1.54) is 0 Å². The fourth-order valence-electron chi connectivity index (χ4n) is 1.16. The summed E-state index contributed by atoms with van der Waals surface area (Å²) in [5, 5.41) is 11.1. The number of hydrogen-bond donors (Lipinski definition) is 1. The van der Waals surface area contributed by atoms with Gasteiger partial charge in [0.25, 0.3) is 5.91 Å². The van der Waals surface area contributed by atoms with Crippen molar-refractivity contribution in [3.63, 3.8) is 0 Å². The highest BCUT2D eigenvalue weighted by Gasteiger charge is 2.14. The van der Waals surface area contributed by atoms with Crippen LogP contribution in [0.15, 0.2) is 10.5 Å². The van der Waals surface area contributed by atoms with E-state index >= 15 is 0 Å². The lowest BCUT2D eigenvalue weighted by molar-refractivity contribution is 0.0946.